The monoisotopic (exact) mass is 309 g/mol. The third-order valence-corrected chi connectivity index (χ3v) is 4.50. The maximum atomic E-state index is 6.24. The number of nitrogens with zero attached hydrogens (tertiary/aromatic N) is 2. The highest BCUT2D eigenvalue weighted by Crippen LogP contribution is 2.29. The van der Waals surface area contributed by atoms with E-state index in [2.05, 4.69) is 60.5 Å². The first-order valence-corrected chi connectivity index (χ1v) is 7.89. The standard InChI is InChI=1S/C15H20ClN3S/c1-9-12(16)18-14(15(3,4)5)19-13(9)17-10(2)11-7-6-8-20-11/h6-8,10H,1-5H3,(H,17,18,19). The van der Waals surface area contributed by atoms with Crippen LogP contribution in [0, 0.1) is 6.92 Å². The number of thiophene rings is 1. The fourth-order valence-electron chi connectivity index (χ4n) is 1.78. The molecular formula is C15H20ClN3S. The van der Waals surface area contributed by atoms with Crippen molar-refractivity contribution in [1.29, 1.82) is 0 Å². The predicted octanol–water partition coefficient (Wildman–Crippen LogP) is 4.97. The van der Waals surface area contributed by atoms with Crippen molar-refractivity contribution in [2.24, 2.45) is 0 Å². The van der Waals surface area contributed by atoms with Gasteiger partial charge in [-0.05, 0) is 25.3 Å². The lowest BCUT2D eigenvalue weighted by Crippen LogP contribution is -2.19. The van der Waals surface area contributed by atoms with Gasteiger partial charge < -0.3 is 5.32 Å². The first kappa shape index (κ1) is 15.3. The lowest BCUT2D eigenvalue weighted by atomic mass is 9.95. The Hall–Kier alpha value is -1.13. The van der Waals surface area contributed by atoms with E-state index in [4.69, 9.17) is 11.6 Å². The molecule has 2 rings (SSSR count). The number of aromatic nitrogens is 2. The number of halogens is 1. The molecule has 0 aromatic carbocycles. The fourth-order valence-corrected chi connectivity index (χ4v) is 2.68. The van der Waals surface area contributed by atoms with Gasteiger partial charge in [-0.2, -0.15) is 0 Å². The molecule has 0 aliphatic rings. The molecule has 2 heterocycles. The van der Waals surface area contributed by atoms with Crippen LogP contribution in [-0.2, 0) is 5.41 Å². The predicted molar refractivity (Wildman–Crippen MR) is 86.8 cm³/mol. The molecule has 2 aromatic heterocycles. The van der Waals surface area contributed by atoms with Gasteiger partial charge in [0.2, 0.25) is 0 Å². The van der Waals surface area contributed by atoms with Crippen LogP contribution in [0.5, 0.6) is 0 Å². The van der Waals surface area contributed by atoms with E-state index in [1.54, 1.807) is 11.3 Å². The Morgan fingerprint density at radius 2 is 2.00 bits per heavy atom. The Morgan fingerprint density at radius 3 is 2.55 bits per heavy atom. The molecule has 0 aliphatic carbocycles. The zero-order chi connectivity index (χ0) is 14.9. The average Bonchev–Trinajstić information content (AvgIpc) is 2.87. The highest BCUT2D eigenvalue weighted by molar-refractivity contribution is 7.10. The normalized spacial score (nSPS) is 13.3. The molecule has 0 saturated carbocycles. The van der Waals surface area contributed by atoms with E-state index in [-0.39, 0.29) is 11.5 Å². The molecular weight excluding hydrogens is 290 g/mol. The molecule has 1 N–H and O–H groups in total. The van der Waals surface area contributed by atoms with Crippen LogP contribution in [0.15, 0.2) is 17.5 Å². The van der Waals surface area contributed by atoms with Crippen LogP contribution in [0.1, 0.15) is 50.0 Å². The summed E-state index contributed by atoms with van der Waals surface area (Å²) in [6.45, 7) is 10.3. The summed E-state index contributed by atoms with van der Waals surface area (Å²) in [5, 5.41) is 6.04. The number of nitrogens with one attached hydrogen (secondary N) is 1. The van der Waals surface area contributed by atoms with Crippen molar-refractivity contribution in [3.63, 3.8) is 0 Å². The van der Waals surface area contributed by atoms with Crippen LogP contribution in [0.25, 0.3) is 0 Å². The summed E-state index contributed by atoms with van der Waals surface area (Å²) in [5.41, 5.74) is 0.767. The second-order valence-electron chi connectivity index (χ2n) is 5.94. The summed E-state index contributed by atoms with van der Waals surface area (Å²) in [6, 6.07) is 4.37. The molecule has 5 heteroatoms. The minimum Gasteiger partial charge on any atom is -0.362 e. The summed E-state index contributed by atoms with van der Waals surface area (Å²) >= 11 is 7.98. The van der Waals surface area contributed by atoms with Crippen molar-refractivity contribution >= 4 is 28.8 Å². The molecule has 0 fully saturated rings. The highest BCUT2D eigenvalue weighted by atomic mass is 35.5. The Kier molecular flexibility index (Phi) is 4.35. The number of hydrogen-bond acceptors (Lipinski definition) is 4. The quantitative estimate of drug-likeness (QED) is 0.813. The van der Waals surface area contributed by atoms with Crippen LogP contribution in [-0.4, -0.2) is 9.97 Å². The van der Waals surface area contributed by atoms with E-state index < -0.39 is 0 Å². The molecule has 0 spiro atoms. The Labute approximate surface area is 129 Å². The lowest BCUT2D eigenvalue weighted by molar-refractivity contribution is 0.545. The van der Waals surface area contributed by atoms with Crippen LogP contribution in [0.3, 0.4) is 0 Å². The summed E-state index contributed by atoms with van der Waals surface area (Å²) < 4.78 is 0. The van der Waals surface area contributed by atoms with E-state index in [1.807, 2.05) is 6.92 Å². The zero-order valence-corrected chi connectivity index (χ0v) is 14.1. The first-order valence-electron chi connectivity index (χ1n) is 6.63. The van der Waals surface area contributed by atoms with Crippen LogP contribution in [0.2, 0.25) is 5.15 Å². The van der Waals surface area contributed by atoms with Crippen LogP contribution in [0.4, 0.5) is 5.82 Å². The Morgan fingerprint density at radius 1 is 1.30 bits per heavy atom. The maximum absolute atomic E-state index is 6.24. The smallest absolute Gasteiger partial charge is 0.137 e. The van der Waals surface area contributed by atoms with Gasteiger partial charge in [-0.1, -0.05) is 38.4 Å². The summed E-state index contributed by atoms with van der Waals surface area (Å²) in [4.78, 5) is 10.3. The van der Waals surface area contributed by atoms with E-state index in [0.29, 0.717) is 5.15 Å². The van der Waals surface area contributed by atoms with Gasteiger partial charge in [0.15, 0.2) is 0 Å². The van der Waals surface area contributed by atoms with Gasteiger partial charge in [-0.3, -0.25) is 0 Å². The van der Waals surface area contributed by atoms with Crippen molar-refractivity contribution < 1.29 is 0 Å². The van der Waals surface area contributed by atoms with Crippen molar-refractivity contribution in [1.82, 2.24) is 9.97 Å². The van der Waals surface area contributed by atoms with E-state index in [1.165, 1.54) is 4.88 Å². The highest BCUT2D eigenvalue weighted by Gasteiger charge is 2.21. The van der Waals surface area contributed by atoms with E-state index in [9.17, 15) is 0 Å². The molecule has 3 nitrogen and oxygen atoms in total. The van der Waals surface area contributed by atoms with Gasteiger partial charge >= 0.3 is 0 Å². The van der Waals surface area contributed by atoms with E-state index in [0.717, 1.165) is 17.2 Å². The zero-order valence-electron chi connectivity index (χ0n) is 12.5. The van der Waals surface area contributed by atoms with Gasteiger partial charge in [0.05, 0.1) is 6.04 Å². The number of rotatable bonds is 3. The van der Waals surface area contributed by atoms with Crippen molar-refractivity contribution in [3.8, 4) is 0 Å². The maximum Gasteiger partial charge on any atom is 0.137 e. The first-order chi connectivity index (χ1) is 9.29. The van der Waals surface area contributed by atoms with Crippen LogP contribution < -0.4 is 5.32 Å². The van der Waals surface area contributed by atoms with Gasteiger partial charge in [0.1, 0.15) is 16.8 Å². The Balaban J connectivity index is 2.34. The van der Waals surface area contributed by atoms with Crippen molar-refractivity contribution in [3.05, 3.63) is 38.9 Å². The fraction of sp³-hybridized carbons (Fsp3) is 0.467. The molecule has 0 bridgehead atoms. The van der Waals surface area contributed by atoms with Crippen molar-refractivity contribution in [2.75, 3.05) is 5.32 Å². The summed E-state index contributed by atoms with van der Waals surface area (Å²) in [7, 11) is 0. The lowest BCUT2D eigenvalue weighted by Gasteiger charge is -2.21. The van der Waals surface area contributed by atoms with Gasteiger partial charge in [0.25, 0.3) is 0 Å². The molecule has 0 amide bonds. The molecule has 0 saturated heterocycles. The molecule has 2 aromatic rings. The largest absolute Gasteiger partial charge is 0.362 e. The molecule has 20 heavy (non-hydrogen) atoms. The van der Waals surface area contributed by atoms with Gasteiger partial charge in [0, 0.05) is 15.9 Å². The molecule has 1 atom stereocenters. The topological polar surface area (TPSA) is 37.8 Å². The third kappa shape index (κ3) is 3.30. The molecule has 108 valence electrons. The second-order valence-corrected chi connectivity index (χ2v) is 7.28. The van der Waals surface area contributed by atoms with Gasteiger partial charge in [-0.15, -0.1) is 11.3 Å². The number of hydrogen-bond donors (Lipinski definition) is 1. The van der Waals surface area contributed by atoms with Crippen LogP contribution >= 0.6 is 22.9 Å². The van der Waals surface area contributed by atoms with Crippen molar-refractivity contribution in [2.45, 2.75) is 46.1 Å². The molecule has 1 unspecified atom stereocenters. The Bertz CT molecular complexity index is 588. The summed E-state index contributed by atoms with van der Waals surface area (Å²) in [6.07, 6.45) is 0. The van der Waals surface area contributed by atoms with Gasteiger partial charge in [-0.25, -0.2) is 9.97 Å². The second kappa shape index (κ2) is 5.70. The minimum atomic E-state index is -0.125. The summed E-state index contributed by atoms with van der Waals surface area (Å²) in [5.74, 6) is 1.57. The SMILES string of the molecule is Cc1c(Cl)nc(C(C)(C)C)nc1NC(C)c1cccs1. The van der Waals surface area contributed by atoms with E-state index >= 15 is 0 Å². The third-order valence-electron chi connectivity index (χ3n) is 3.08. The molecule has 0 radical (unpaired) electrons. The minimum absolute atomic E-state index is 0.125. The average molecular weight is 310 g/mol. The molecule has 0 aliphatic heterocycles. The number of anilines is 1.